The third-order valence-corrected chi connectivity index (χ3v) is 4.82. The fraction of sp³-hybridized carbons (Fsp3) is 0.933. The summed E-state index contributed by atoms with van der Waals surface area (Å²) in [5.74, 6) is 0.182. The molecule has 2 heterocycles. The van der Waals surface area contributed by atoms with Crippen molar-refractivity contribution in [2.75, 3.05) is 13.6 Å². The van der Waals surface area contributed by atoms with Crippen molar-refractivity contribution in [2.45, 2.75) is 76.5 Å². The minimum Gasteiger partial charge on any atom is -0.352 e. The molecular weight excluding hydrogens is 238 g/mol. The molecule has 2 rings (SSSR count). The summed E-state index contributed by atoms with van der Waals surface area (Å²) in [6.07, 6.45) is 7.06. The van der Waals surface area contributed by atoms with Gasteiger partial charge in [0.15, 0.2) is 0 Å². The van der Waals surface area contributed by atoms with Gasteiger partial charge in [0.05, 0.1) is 6.54 Å². The van der Waals surface area contributed by atoms with E-state index in [4.69, 9.17) is 0 Å². The summed E-state index contributed by atoms with van der Waals surface area (Å²) < 4.78 is 0. The van der Waals surface area contributed by atoms with E-state index in [2.05, 4.69) is 36.4 Å². The summed E-state index contributed by atoms with van der Waals surface area (Å²) >= 11 is 0. The van der Waals surface area contributed by atoms with Crippen molar-refractivity contribution in [3.8, 4) is 0 Å². The molecular formula is C15H29N3O. The van der Waals surface area contributed by atoms with E-state index in [9.17, 15) is 4.79 Å². The first-order valence-corrected chi connectivity index (χ1v) is 7.88. The van der Waals surface area contributed by atoms with Crippen LogP contribution in [-0.2, 0) is 4.79 Å². The van der Waals surface area contributed by atoms with Crippen molar-refractivity contribution >= 4 is 5.91 Å². The predicted octanol–water partition coefficient (Wildman–Crippen LogP) is 1.51. The predicted molar refractivity (Wildman–Crippen MR) is 78.1 cm³/mol. The minimum atomic E-state index is 0.182. The summed E-state index contributed by atoms with van der Waals surface area (Å²) in [6, 6.07) is 2.29. The lowest BCUT2D eigenvalue weighted by molar-refractivity contribution is -0.123. The van der Waals surface area contributed by atoms with Crippen molar-refractivity contribution in [3.63, 3.8) is 0 Å². The van der Waals surface area contributed by atoms with Crippen molar-refractivity contribution < 1.29 is 4.79 Å². The SMILES string of the molecule is CCC(CC)NC(=O)CN(C)C1CC2CCC(C1)N2. The van der Waals surface area contributed by atoms with Crippen LogP contribution in [-0.4, -0.2) is 48.6 Å². The molecule has 0 saturated carbocycles. The van der Waals surface area contributed by atoms with Gasteiger partial charge in [-0.15, -0.1) is 0 Å². The van der Waals surface area contributed by atoms with Gasteiger partial charge in [0.25, 0.3) is 0 Å². The van der Waals surface area contributed by atoms with Crippen LogP contribution in [0.5, 0.6) is 0 Å². The number of nitrogens with zero attached hydrogens (tertiary/aromatic N) is 1. The Labute approximate surface area is 117 Å². The van der Waals surface area contributed by atoms with Gasteiger partial charge in [0.1, 0.15) is 0 Å². The van der Waals surface area contributed by atoms with Crippen molar-refractivity contribution in [1.82, 2.24) is 15.5 Å². The Bertz CT molecular complexity index is 292. The lowest BCUT2D eigenvalue weighted by Gasteiger charge is -2.35. The van der Waals surface area contributed by atoms with E-state index in [1.54, 1.807) is 0 Å². The molecule has 0 aromatic rings. The fourth-order valence-electron chi connectivity index (χ4n) is 3.51. The lowest BCUT2D eigenvalue weighted by atomic mass is 9.98. The molecule has 2 N–H and O–H groups in total. The maximum atomic E-state index is 12.0. The van der Waals surface area contributed by atoms with Crippen LogP contribution in [0.1, 0.15) is 52.4 Å². The van der Waals surface area contributed by atoms with E-state index < -0.39 is 0 Å². The molecule has 2 unspecified atom stereocenters. The zero-order valence-corrected chi connectivity index (χ0v) is 12.6. The smallest absolute Gasteiger partial charge is 0.234 e. The highest BCUT2D eigenvalue weighted by Crippen LogP contribution is 2.29. The van der Waals surface area contributed by atoms with Gasteiger partial charge in [-0.25, -0.2) is 0 Å². The summed E-state index contributed by atoms with van der Waals surface area (Å²) in [5, 5.41) is 6.78. The molecule has 19 heavy (non-hydrogen) atoms. The highest BCUT2D eigenvalue weighted by molar-refractivity contribution is 5.78. The average molecular weight is 267 g/mol. The lowest BCUT2D eigenvalue weighted by Crippen LogP contribution is -2.50. The number of hydrogen-bond acceptors (Lipinski definition) is 3. The molecule has 4 nitrogen and oxygen atoms in total. The van der Waals surface area contributed by atoms with Crippen molar-refractivity contribution in [2.24, 2.45) is 0 Å². The summed E-state index contributed by atoms with van der Waals surface area (Å²) in [7, 11) is 2.10. The summed E-state index contributed by atoms with van der Waals surface area (Å²) in [6.45, 7) is 4.80. The minimum absolute atomic E-state index is 0.182. The van der Waals surface area contributed by atoms with Crippen molar-refractivity contribution in [1.29, 1.82) is 0 Å². The standard InChI is InChI=1S/C15H29N3O/c1-4-11(5-2)17-15(19)10-18(3)14-8-12-6-7-13(9-14)16-12/h11-14,16H,4-10H2,1-3H3,(H,17,19). The molecule has 4 heteroatoms. The molecule has 0 aromatic carbocycles. The summed E-state index contributed by atoms with van der Waals surface area (Å²) in [5.41, 5.74) is 0. The molecule has 0 aliphatic carbocycles. The Morgan fingerprint density at radius 3 is 2.37 bits per heavy atom. The zero-order valence-electron chi connectivity index (χ0n) is 12.6. The number of amides is 1. The molecule has 0 aromatic heterocycles. The Morgan fingerprint density at radius 2 is 1.84 bits per heavy atom. The number of rotatable bonds is 6. The van der Waals surface area contributed by atoms with E-state index in [0.717, 1.165) is 12.8 Å². The van der Waals surface area contributed by atoms with Gasteiger partial charge < -0.3 is 10.6 Å². The number of hydrogen-bond donors (Lipinski definition) is 2. The Hall–Kier alpha value is -0.610. The van der Waals surface area contributed by atoms with E-state index in [0.29, 0.717) is 30.7 Å². The molecule has 2 atom stereocenters. The first-order valence-electron chi connectivity index (χ1n) is 7.88. The Kier molecular flexibility index (Phi) is 5.22. The fourth-order valence-corrected chi connectivity index (χ4v) is 3.51. The average Bonchev–Trinajstić information content (AvgIpc) is 2.74. The maximum Gasteiger partial charge on any atom is 0.234 e. The van der Waals surface area contributed by atoms with E-state index >= 15 is 0 Å². The second-order valence-corrected chi connectivity index (χ2v) is 6.26. The van der Waals surface area contributed by atoms with Gasteiger partial charge >= 0.3 is 0 Å². The first kappa shape index (κ1) is 14.8. The normalized spacial score (nSPS) is 30.1. The maximum absolute atomic E-state index is 12.0. The molecule has 2 aliphatic heterocycles. The summed E-state index contributed by atoms with van der Waals surface area (Å²) in [4.78, 5) is 14.3. The number of fused-ring (bicyclic) bond motifs is 2. The van der Waals surface area contributed by atoms with Gasteiger partial charge in [-0.1, -0.05) is 13.8 Å². The molecule has 2 fully saturated rings. The molecule has 1 amide bonds. The third-order valence-electron chi connectivity index (χ3n) is 4.82. The van der Waals surface area contributed by atoms with Crippen molar-refractivity contribution in [3.05, 3.63) is 0 Å². The van der Waals surface area contributed by atoms with Gasteiger partial charge in [0.2, 0.25) is 5.91 Å². The number of carbonyl (C=O) groups excluding carboxylic acids is 1. The zero-order chi connectivity index (χ0) is 13.8. The number of piperidine rings is 1. The largest absolute Gasteiger partial charge is 0.352 e. The Morgan fingerprint density at radius 1 is 1.26 bits per heavy atom. The number of likely N-dealkylation sites (N-methyl/N-ethyl adjacent to an activating group) is 1. The van der Waals surface area contributed by atoms with Gasteiger partial charge in [-0.05, 0) is 45.6 Å². The molecule has 110 valence electrons. The Balaban J connectivity index is 1.77. The highest BCUT2D eigenvalue weighted by Gasteiger charge is 2.35. The van der Waals surface area contributed by atoms with Crippen LogP contribution >= 0.6 is 0 Å². The number of nitrogens with one attached hydrogen (secondary N) is 2. The topological polar surface area (TPSA) is 44.4 Å². The molecule has 2 aliphatic rings. The van der Waals surface area contributed by atoms with Crippen LogP contribution in [0.4, 0.5) is 0 Å². The van der Waals surface area contributed by atoms with Crippen LogP contribution in [0.25, 0.3) is 0 Å². The first-order chi connectivity index (χ1) is 9.12. The molecule has 2 bridgehead atoms. The van der Waals surface area contributed by atoms with Gasteiger partial charge in [-0.2, -0.15) is 0 Å². The quantitative estimate of drug-likeness (QED) is 0.766. The number of carbonyl (C=O) groups is 1. The second-order valence-electron chi connectivity index (χ2n) is 6.26. The van der Waals surface area contributed by atoms with Gasteiger partial charge in [0, 0.05) is 24.2 Å². The molecule has 0 radical (unpaired) electrons. The van der Waals surface area contributed by atoms with E-state index in [1.807, 2.05) is 0 Å². The van der Waals surface area contributed by atoms with Gasteiger partial charge in [-0.3, -0.25) is 9.69 Å². The van der Waals surface area contributed by atoms with E-state index in [1.165, 1.54) is 25.7 Å². The van der Waals surface area contributed by atoms with Crippen LogP contribution in [0.15, 0.2) is 0 Å². The van der Waals surface area contributed by atoms with Crippen LogP contribution in [0.2, 0.25) is 0 Å². The second kappa shape index (κ2) is 6.71. The van der Waals surface area contributed by atoms with Crippen LogP contribution in [0, 0.1) is 0 Å². The van der Waals surface area contributed by atoms with E-state index in [-0.39, 0.29) is 5.91 Å². The monoisotopic (exact) mass is 267 g/mol. The molecule has 2 saturated heterocycles. The van der Waals surface area contributed by atoms with Crippen LogP contribution in [0.3, 0.4) is 0 Å². The van der Waals surface area contributed by atoms with Crippen LogP contribution < -0.4 is 10.6 Å². The molecule has 0 spiro atoms. The highest BCUT2D eigenvalue weighted by atomic mass is 16.2. The third kappa shape index (κ3) is 3.93.